The topological polar surface area (TPSA) is 172 Å². The second-order valence-corrected chi connectivity index (χ2v) is 6.76. The van der Waals surface area contributed by atoms with Crippen molar-refractivity contribution in [2.75, 3.05) is 5.32 Å². The molecule has 0 bridgehead atoms. The first-order chi connectivity index (χ1) is 14.8. The third-order valence-electron chi connectivity index (χ3n) is 4.86. The number of non-ortho nitro benzene ring substituents is 1. The Labute approximate surface area is 174 Å². The number of primary amides is 1. The molecule has 0 spiro atoms. The number of nitrogens with one attached hydrogen (secondary N) is 1. The number of para-hydroxylation sites is 1. The summed E-state index contributed by atoms with van der Waals surface area (Å²) in [5.41, 5.74) is 6.30. The number of aromatic nitrogens is 3. The molecule has 1 atom stereocenters. The number of amides is 1. The summed E-state index contributed by atoms with van der Waals surface area (Å²) >= 11 is 0. The van der Waals surface area contributed by atoms with Gasteiger partial charge in [0.2, 0.25) is 11.9 Å². The van der Waals surface area contributed by atoms with E-state index in [1.807, 2.05) is 0 Å². The van der Waals surface area contributed by atoms with Gasteiger partial charge in [-0.2, -0.15) is 4.98 Å². The van der Waals surface area contributed by atoms with E-state index in [4.69, 9.17) is 5.73 Å². The van der Waals surface area contributed by atoms with Gasteiger partial charge in [-0.15, -0.1) is 5.10 Å². The summed E-state index contributed by atoms with van der Waals surface area (Å²) in [6.07, 6.45) is 0. The number of allylic oxidation sites excluding steroid dienone is 1. The molecule has 1 amide bonds. The Hall–Kier alpha value is -4.61. The summed E-state index contributed by atoms with van der Waals surface area (Å²) in [6, 6.07) is 10.7. The summed E-state index contributed by atoms with van der Waals surface area (Å²) in [4.78, 5) is 38.3. The molecule has 0 aliphatic carbocycles. The van der Waals surface area contributed by atoms with Crippen molar-refractivity contribution < 1.29 is 14.6 Å². The lowest BCUT2D eigenvalue weighted by Crippen LogP contribution is -2.32. The van der Waals surface area contributed by atoms with Gasteiger partial charge in [0.1, 0.15) is 6.04 Å². The van der Waals surface area contributed by atoms with E-state index in [0.717, 1.165) is 0 Å². The number of nitro groups is 2. The molecule has 12 heteroatoms. The van der Waals surface area contributed by atoms with Crippen LogP contribution in [0.1, 0.15) is 18.5 Å². The lowest BCUT2D eigenvalue weighted by molar-refractivity contribution is -0.385. The average molecular weight is 421 g/mol. The fourth-order valence-corrected chi connectivity index (χ4v) is 3.52. The lowest BCUT2D eigenvalue weighted by atomic mass is 9.94. The Morgan fingerprint density at radius 1 is 1.13 bits per heavy atom. The Kier molecular flexibility index (Phi) is 4.66. The highest BCUT2D eigenvalue weighted by Gasteiger charge is 2.37. The van der Waals surface area contributed by atoms with Gasteiger partial charge in [0, 0.05) is 29.5 Å². The van der Waals surface area contributed by atoms with Crippen LogP contribution in [0.5, 0.6) is 0 Å². The van der Waals surface area contributed by atoms with Crippen LogP contribution in [0.25, 0.3) is 11.4 Å². The van der Waals surface area contributed by atoms with Crippen molar-refractivity contribution in [1.82, 2.24) is 14.8 Å². The number of nitro benzene ring substituents is 2. The molecule has 0 fully saturated rings. The molecule has 1 aliphatic rings. The molecule has 12 nitrogen and oxygen atoms in total. The highest BCUT2D eigenvalue weighted by molar-refractivity contribution is 5.95. The zero-order valence-electron chi connectivity index (χ0n) is 16.1. The third-order valence-corrected chi connectivity index (χ3v) is 4.86. The van der Waals surface area contributed by atoms with E-state index in [1.165, 1.54) is 41.1 Å². The molecule has 4 rings (SSSR count). The van der Waals surface area contributed by atoms with Crippen LogP contribution in [-0.2, 0) is 4.79 Å². The number of benzene rings is 2. The maximum Gasteiger partial charge on any atom is 0.275 e. The molecule has 1 aromatic heterocycles. The van der Waals surface area contributed by atoms with Crippen molar-refractivity contribution in [1.29, 1.82) is 0 Å². The first kappa shape index (κ1) is 19.7. The third kappa shape index (κ3) is 3.35. The largest absolute Gasteiger partial charge is 0.366 e. The van der Waals surface area contributed by atoms with Crippen LogP contribution < -0.4 is 11.1 Å². The fraction of sp³-hybridized carbons (Fsp3) is 0.105. The molecule has 1 unspecified atom stereocenters. The molecule has 0 saturated heterocycles. The fourth-order valence-electron chi connectivity index (χ4n) is 3.52. The van der Waals surface area contributed by atoms with Gasteiger partial charge in [0.25, 0.3) is 11.4 Å². The van der Waals surface area contributed by atoms with Crippen molar-refractivity contribution in [2.45, 2.75) is 13.0 Å². The Morgan fingerprint density at radius 3 is 2.55 bits per heavy atom. The first-order valence-corrected chi connectivity index (χ1v) is 9.00. The van der Waals surface area contributed by atoms with Gasteiger partial charge >= 0.3 is 0 Å². The van der Waals surface area contributed by atoms with Gasteiger partial charge in [-0.05, 0) is 13.0 Å². The molecule has 1 aliphatic heterocycles. The average Bonchev–Trinajstić information content (AvgIpc) is 3.16. The standard InChI is InChI=1S/C19H15N7O5/c1-10-15(17(20)27)16(13-7-2-3-8-14(13)26(30)31)24-19(21-10)22-18(23-24)11-5-4-6-12(9-11)25(28)29/h2-9,16H,1H3,(H2,20,27)(H,21,22,23). The van der Waals surface area contributed by atoms with Gasteiger partial charge in [0.05, 0.1) is 21.0 Å². The van der Waals surface area contributed by atoms with Crippen LogP contribution >= 0.6 is 0 Å². The van der Waals surface area contributed by atoms with E-state index in [-0.39, 0.29) is 34.3 Å². The molecule has 31 heavy (non-hydrogen) atoms. The number of fused-ring (bicyclic) bond motifs is 1. The molecule has 3 aromatic rings. The number of carbonyl (C=O) groups excluding carboxylic acids is 1. The molecular formula is C19H15N7O5. The van der Waals surface area contributed by atoms with E-state index in [0.29, 0.717) is 11.3 Å². The van der Waals surface area contributed by atoms with Crippen LogP contribution in [-0.4, -0.2) is 30.5 Å². The lowest BCUT2D eigenvalue weighted by Gasteiger charge is -2.27. The van der Waals surface area contributed by atoms with Crippen LogP contribution in [0.15, 0.2) is 59.8 Å². The summed E-state index contributed by atoms with van der Waals surface area (Å²) < 4.78 is 1.32. The zero-order chi connectivity index (χ0) is 22.3. The van der Waals surface area contributed by atoms with Crippen molar-refractivity contribution in [2.24, 2.45) is 5.73 Å². The van der Waals surface area contributed by atoms with E-state index >= 15 is 0 Å². The van der Waals surface area contributed by atoms with Crippen LogP contribution in [0.2, 0.25) is 0 Å². The number of nitrogens with two attached hydrogens (primary N) is 1. The molecule has 156 valence electrons. The number of rotatable bonds is 5. The molecule has 2 aromatic carbocycles. The number of hydrogen-bond acceptors (Lipinski definition) is 8. The number of carbonyl (C=O) groups is 1. The van der Waals surface area contributed by atoms with Crippen molar-refractivity contribution in [3.8, 4) is 11.4 Å². The summed E-state index contributed by atoms with van der Waals surface area (Å²) in [7, 11) is 0. The molecular weight excluding hydrogens is 406 g/mol. The number of hydrogen-bond donors (Lipinski definition) is 2. The monoisotopic (exact) mass is 421 g/mol. The molecule has 3 N–H and O–H groups in total. The second kappa shape index (κ2) is 7.33. The number of anilines is 1. The Balaban J connectivity index is 1.92. The quantitative estimate of drug-likeness (QED) is 0.467. The SMILES string of the molecule is CC1=C(C(N)=O)C(c2ccccc2[N+](=O)[O-])n2nc(-c3cccc([N+](=O)[O-])c3)nc2N1. The van der Waals surface area contributed by atoms with Gasteiger partial charge in [-0.1, -0.05) is 24.3 Å². The minimum atomic E-state index is -1.00. The van der Waals surface area contributed by atoms with Crippen molar-refractivity contribution in [3.63, 3.8) is 0 Å². The van der Waals surface area contributed by atoms with E-state index in [1.54, 1.807) is 19.1 Å². The van der Waals surface area contributed by atoms with E-state index in [9.17, 15) is 25.0 Å². The molecule has 0 radical (unpaired) electrons. The summed E-state index contributed by atoms with van der Waals surface area (Å²) in [6.45, 7) is 1.60. The zero-order valence-corrected chi connectivity index (χ0v) is 16.1. The van der Waals surface area contributed by atoms with Gasteiger partial charge in [0.15, 0.2) is 5.82 Å². The Bertz CT molecular complexity index is 1280. The number of nitrogens with zero attached hydrogens (tertiary/aromatic N) is 5. The van der Waals surface area contributed by atoms with Crippen molar-refractivity contribution in [3.05, 3.63) is 85.6 Å². The maximum absolute atomic E-state index is 12.3. The van der Waals surface area contributed by atoms with Gasteiger partial charge in [-0.25, -0.2) is 4.68 Å². The molecule has 2 heterocycles. The van der Waals surface area contributed by atoms with E-state index < -0.39 is 21.8 Å². The smallest absolute Gasteiger partial charge is 0.275 e. The summed E-state index contributed by atoms with van der Waals surface area (Å²) in [5, 5.41) is 30.0. The first-order valence-electron chi connectivity index (χ1n) is 9.00. The van der Waals surface area contributed by atoms with Gasteiger partial charge in [-0.3, -0.25) is 25.0 Å². The van der Waals surface area contributed by atoms with Crippen LogP contribution in [0, 0.1) is 20.2 Å². The summed E-state index contributed by atoms with van der Waals surface area (Å²) in [5.74, 6) is -0.410. The van der Waals surface area contributed by atoms with E-state index in [2.05, 4.69) is 15.4 Å². The highest BCUT2D eigenvalue weighted by Crippen LogP contribution is 2.39. The predicted molar refractivity (Wildman–Crippen MR) is 109 cm³/mol. The second-order valence-electron chi connectivity index (χ2n) is 6.76. The van der Waals surface area contributed by atoms with Crippen LogP contribution in [0.4, 0.5) is 17.3 Å². The maximum atomic E-state index is 12.3. The highest BCUT2D eigenvalue weighted by atomic mass is 16.6. The molecule has 0 saturated carbocycles. The minimum absolute atomic E-state index is 0.0947. The minimum Gasteiger partial charge on any atom is -0.366 e. The Morgan fingerprint density at radius 2 is 1.87 bits per heavy atom. The van der Waals surface area contributed by atoms with Crippen LogP contribution in [0.3, 0.4) is 0 Å². The normalized spacial score (nSPS) is 15.2. The van der Waals surface area contributed by atoms with Crippen molar-refractivity contribution >= 4 is 23.2 Å². The predicted octanol–water partition coefficient (Wildman–Crippen LogP) is 2.54. The van der Waals surface area contributed by atoms with Gasteiger partial charge < -0.3 is 11.1 Å².